The van der Waals surface area contributed by atoms with Gasteiger partial charge in [0.2, 0.25) is 0 Å². The van der Waals surface area contributed by atoms with Crippen LogP contribution in [0.1, 0.15) is 33.6 Å². The Morgan fingerprint density at radius 2 is 2.17 bits per heavy atom. The largest absolute Gasteiger partial charge is 0.393 e. The minimum absolute atomic E-state index is 0.0659. The zero-order valence-corrected chi connectivity index (χ0v) is 8.86. The summed E-state index contributed by atoms with van der Waals surface area (Å²) in [4.78, 5) is 10.6. The quantitative estimate of drug-likeness (QED) is 0.694. The molecule has 0 spiro atoms. The molecule has 0 saturated carbocycles. The van der Waals surface area contributed by atoms with Crippen molar-refractivity contribution in [2.24, 2.45) is 0 Å². The number of Topliss-reactive ketones (excluding diaryl/α,β-unsaturated/α-hetero) is 1. The van der Waals surface area contributed by atoms with Crippen molar-refractivity contribution in [3.8, 4) is 0 Å². The Bertz CT molecular complexity index is 136. The molecule has 1 N–H and O–H groups in total. The number of hydrogen-bond donors (Lipinski definition) is 1. The van der Waals surface area contributed by atoms with Gasteiger partial charge in [-0.1, -0.05) is 13.8 Å². The maximum Gasteiger partial charge on any atom is 0.132 e. The Labute approximate surface area is 78.7 Å². The fraction of sp³-hybridized carbons (Fsp3) is 0.889. The standard InChI is InChI=1S/C9H18O2S/c1-4-12-8(3)6-9(11)5-7(2)10/h8-9,11H,4-6H2,1-3H3. The number of aliphatic hydroxyl groups excluding tert-OH is 1. The molecule has 0 aliphatic rings. The lowest BCUT2D eigenvalue weighted by atomic mass is 10.1. The first-order valence-electron chi connectivity index (χ1n) is 4.35. The van der Waals surface area contributed by atoms with E-state index in [0.29, 0.717) is 11.7 Å². The summed E-state index contributed by atoms with van der Waals surface area (Å²) in [5.41, 5.74) is 0. The van der Waals surface area contributed by atoms with E-state index in [4.69, 9.17) is 0 Å². The summed E-state index contributed by atoms with van der Waals surface area (Å²) in [7, 11) is 0. The maximum absolute atomic E-state index is 10.6. The molecule has 0 aromatic carbocycles. The van der Waals surface area contributed by atoms with Crippen molar-refractivity contribution in [1.82, 2.24) is 0 Å². The van der Waals surface area contributed by atoms with E-state index in [1.807, 2.05) is 11.8 Å². The molecular weight excluding hydrogens is 172 g/mol. The molecule has 2 nitrogen and oxygen atoms in total. The fourth-order valence-corrected chi connectivity index (χ4v) is 2.08. The van der Waals surface area contributed by atoms with E-state index in [9.17, 15) is 9.90 Å². The highest BCUT2D eigenvalue weighted by molar-refractivity contribution is 7.99. The Hall–Kier alpha value is -0.0200. The van der Waals surface area contributed by atoms with Gasteiger partial charge >= 0.3 is 0 Å². The van der Waals surface area contributed by atoms with Crippen molar-refractivity contribution in [3.05, 3.63) is 0 Å². The predicted molar refractivity (Wildman–Crippen MR) is 53.5 cm³/mol. The minimum Gasteiger partial charge on any atom is -0.393 e. The van der Waals surface area contributed by atoms with Crippen LogP contribution < -0.4 is 0 Å². The van der Waals surface area contributed by atoms with Crippen molar-refractivity contribution in [3.63, 3.8) is 0 Å². The van der Waals surface area contributed by atoms with Gasteiger partial charge in [-0.05, 0) is 19.1 Å². The van der Waals surface area contributed by atoms with Crippen molar-refractivity contribution >= 4 is 17.5 Å². The van der Waals surface area contributed by atoms with Crippen LogP contribution in [0.15, 0.2) is 0 Å². The normalized spacial score (nSPS) is 15.7. The molecule has 2 unspecified atom stereocenters. The summed E-state index contributed by atoms with van der Waals surface area (Å²) in [6.07, 6.45) is 0.573. The first kappa shape index (κ1) is 12.0. The second-order valence-electron chi connectivity index (χ2n) is 3.06. The Morgan fingerprint density at radius 3 is 2.58 bits per heavy atom. The molecule has 3 heteroatoms. The number of carbonyl (C=O) groups is 1. The molecule has 0 bridgehead atoms. The average Bonchev–Trinajstić information content (AvgIpc) is 1.84. The van der Waals surface area contributed by atoms with Crippen molar-refractivity contribution < 1.29 is 9.90 Å². The summed E-state index contributed by atoms with van der Waals surface area (Å²) < 4.78 is 0. The number of carbonyl (C=O) groups excluding carboxylic acids is 1. The van der Waals surface area contributed by atoms with E-state index in [1.54, 1.807) is 0 Å². The van der Waals surface area contributed by atoms with Crippen LogP contribution >= 0.6 is 11.8 Å². The van der Waals surface area contributed by atoms with Gasteiger partial charge in [-0.25, -0.2) is 0 Å². The van der Waals surface area contributed by atoms with E-state index in [2.05, 4.69) is 13.8 Å². The molecule has 0 heterocycles. The number of thioether (sulfide) groups is 1. The SMILES string of the molecule is CCSC(C)CC(O)CC(C)=O. The molecule has 0 aliphatic heterocycles. The highest BCUT2D eigenvalue weighted by atomic mass is 32.2. The minimum atomic E-state index is -0.448. The number of ketones is 1. The van der Waals surface area contributed by atoms with Gasteiger partial charge in [-0.15, -0.1) is 0 Å². The number of rotatable bonds is 6. The second kappa shape index (κ2) is 6.49. The monoisotopic (exact) mass is 190 g/mol. The lowest BCUT2D eigenvalue weighted by molar-refractivity contribution is -0.118. The highest BCUT2D eigenvalue weighted by Crippen LogP contribution is 2.16. The van der Waals surface area contributed by atoms with Crippen LogP contribution in [0.25, 0.3) is 0 Å². The molecule has 0 aromatic rings. The molecule has 72 valence electrons. The third kappa shape index (κ3) is 6.68. The highest BCUT2D eigenvalue weighted by Gasteiger charge is 2.11. The Morgan fingerprint density at radius 1 is 1.58 bits per heavy atom. The molecular formula is C9H18O2S. The van der Waals surface area contributed by atoms with Crippen LogP contribution in [0.5, 0.6) is 0 Å². The van der Waals surface area contributed by atoms with Gasteiger partial charge in [0, 0.05) is 11.7 Å². The van der Waals surface area contributed by atoms with E-state index in [-0.39, 0.29) is 5.78 Å². The smallest absolute Gasteiger partial charge is 0.132 e. The van der Waals surface area contributed by atoms with Crippen LogP contribution in [-0.2, 0) is 4.79 Å². The first-order chi connectivity index (χ1) is 5.56. The second-order valence-corrected chi connectivity index (χ2v) is 4.78. The zero-order valence-electron chi connectivity index (χ0n) is 8.04. The maximum atomic E-state index is 10.6. The van der Waals surface area contributed by atoms with E-state index in [1.165, 1.54) is 6.92 Å². The van der Waals surface area contributed by atoms with Crippen LogP contribution in [0, 0.1) is 0 Å². The number of hydrogen-bond acceptors (Lipinski definition) is 3. The van der Waals surface area contributed by atoms with Gasteiger partial charge in [0.25, 0.3) is 0 Å². The first-order valence-corrected chi connectivity index (χ1v) is 5.40. The van der Waals surface area contributed by atoms with Gasteiger partial charge in [0.1, 0.15) is 5.78 Å². The topological polar surface area (TPSA) is 37.3 Å². The van der Waals surface area contributed by atoms with Crippen molar-refractivity contribution in [1.29, 1.82) is 0 Å². The lowest BCUT2D eigenvalue weighted by Crippen LogP contribution is -2.16. The van der Waals surface area contributed by atoms with E-state index >= 15 is 0 Å². The van der Waals surface area contributed by atoms with Crippen LogP contribution in [0.4, 0.5) is 0 Å². The summed E-state index contributed by atoms with van der Waals surface area (Å²) in [6.45, 7) is 5.69. The number of aliphatic hydroxyl groups is 1. The van der Waals surface area contributed by atoms with Gasteiger partial charge in [-0.2, -0.15) is 11.8 Å². The summed E-state index contributed by atoms with van der Waals surface area (Å²) in [6, 6.07) is 0. The van der Waals surface area contributed by atoms with Crippen LogP contribution in [-0.4, -0.2) is 28.0 Å². The summed E-state index contributed by atoms with van der Waals surface area (Å²) in [5, 5.41) is 9.83. The molecule has 0 amide bonds. The van der Waals surface area contributed by atoms with Crippen molar-refractivity contribution in [2.75, 3.05) is 5.75 Å². The molecule has 0 radical (unpaired) electrons. The van der Waals surface area contributed by atoms with Gasteiger partial charge in [0.15, 0.2) is 0 Å². The lowest BCUT2D eigenvalue weighted by Gasteiger charge is -2.13. The van der Waals surface area contributed by atoms with Gasteiger partial charge < -0.3 is 5.11 Å². The predicted octanol–water partition coefficient (Wildman–Crippen LogP) is 1.86. The van der Waals surface area contributed by atoms with E-state index < -0.39 is 6.10 Å². The Balaban J connectivity index is 3.53. The van der Waals surface area contributed by atoms with Crippen molar-refractivity contribution in [2.45, 2.75) is 45.0 Å². The van der Waals surface area contributed by atoms with E-state index in [0.717, 1.165) is 12.2 Å². The molecule has 0 aromatic heterocycles. The summed E-state index contributed by atoms with van der Waals surface area (Å²) in [5.74, 6) is 1.13. The third-order valence-electron chi connectivity index (χ3n) is 1.58. The fourth-order valence-electron chi connectivity index (χ4n) is 1.15. The molecule has 2 atom stereocenters. The zero-order chi connectivity index (χ0) is 9.56. The Kier molecular flexibility index (Phi) is 6.48. The third-order valence-corrected chi connectivity index (χ3v) is 2.67. The molecule has 0 rings (SSSR count). The van der Waals surface area contributed by atoms with Gasteiger partial charge in [-0.3, -0.25) is 4.79 Å². The molecule has 0 aliphatic carbocycles. The molecule has 0 saturated heterocycles. The average molecular weight is 190 g/mol. The molecule has 0 fully saturated rings. The molecule has 12 heavy (non-hydrogen) atoms. The van der Waals surface area contributed by atoms with Gasteiger partial charge in [0.05, 0.1) is 6.10 Å². The van der Waals surface area contributed by atoms with Crippen LogP contribution in [0.2, 0.25) is 0 Å². The van der Waals surface area contributed by atoms with Crippen LogP contribution in [0.3, 0.4) is 0 Å². The summed E-state index contributed by atoms with van der Waals surface area (Å²) >= 11 is 1.82.